The largest absolute Gasteiger partial charge is 0.496 e. The zero-order valence-electron chi connectivity index (χ0n) is 12.5. The highest BCUT2D eigenvalue weighted by molar-refractivity contribution is 6.15. The van der Waals surface area contributed by atoms with E-state index in [4.69, 9.17) is 10.5 Å². The SMILES string of the molecule is COc1cccc2c1CC(=O)C(N)N=C2c1ccc(C)cn1. The van der Waals surface area contributed by atoms with E-state index in [1.54, 1.807) is 13.3 Å². The molecule has 2 N–H and O–H groups in total. The van der Waals surface area contributed by atoms with E-state index in [9.17, 15) is 4.79 Å². The van der Waals surface area contributed by atoms with Crippen molar-refractivity contribution in [3.63, 3.8) is 0 Å². The maximum atomic E-state index is 12.2. The minimum atomic E-state index is -0.879. The van der Waals surface area contributed by atoms with Crippen molar-refractivity contribution >= 4 is 11.5 Å². The number of aromatic nitrogens is 1. The number of ketones is 1. The average molecular weight is 295 g/mol. The number of ether oxygens (including phenoxy) is 1. The van der Waals surface area contributed by atoms with Crippen LogP contribution >= 0.6 is 0 Å². The van der Waals surface area contributed by atoms with Gasteiger partial charge in [-0.15, -0.1) is 0 Å². The van der Waals surface area contributed by atoms with E-state index in [1.165, 1.54) is 0 Å². The molecule has 2 aromatic rings. The van der Waals surface area contributed by atoms with Crippen LogP contribution in [-0.2, 0) is 11.2 Å². The van der Waals surface area contributed by atoms with Gasteiger partial charge < -0.3 is 10.5 Å². The Labute approximate surface area is 128 Å². The third kappa shape index (κ3) is 2.51. The van der Waals surface area contributed by atoms with Gasteiger partial charge in [0, 0.05) is 23.7 Å². The molecule has 0 saturated carbocycles. The summed E-state index contributed by atoms with van der Waals surface area (Å²) in [6, 6.07) is 9.48. The highest BCUT2D eigenvalue weighted by Gasteiger charge is 2.26. The van der Waals surface area contributed by atoms with Crippen molar-refractivity contribution in [3.8, 4) is 5.75 Å². The second kappa shape index (κ2) is 5.69. The van der Waals surface area contributed by atoms with Gasteiger partial charge in [0.05, 0.1) is 18.5 Å². The Balaban J connectivity index is 2.22. The first-order valence-corrected chi connectivity index (χ1v) is 7.05. The van der Waals surface area contributed by atoms with Crippen LogP contribution in [0.15, 0.2) is 41.5 Å². The van der Waals surface area contributed by atoms with Crippen molar-refractivity contribution in [2.24, 2.45) is 10.7 Å². The number of nitrogens with two attached hydrogens (primary N) is 1. The fourth-order valence-electron chi connectivity index (χ4n) is 2.53. The van der Waals surface area contributed by atoms with E-state index in [1.807, 2.05) is 37.3 Å². The molecule has 3 rings (SSSR count). The standard InChI is InChI=1S/C17H17N3O2/c1-10-6-7-13(19-9-10)16-11-4-3-5-15(22-2)12(11)8-14(21)17(18)20-16/h3-7,9,17H,8,18H2,1-2H3. The molecule has 0 saturated heterocycles. The number of methoxy groups -OCH3 is 1. The molecule has 5 nitrogen and oxygen atoms in total. The molecule has 1 atom stereocenters. The molecule has 1 aromatic carbocycles. The van der Waals surface area contributed by atoms with E-state index in [2.05, 4.69) is 9.98 Å². The average Bonchev–Trinajstić information content (AvgIpc) is 2.65. The maximum absolute atomic E-state index is 12.2. The van der Waals surface area contributed by atoms with Crippen molar-refractivity contribution < 1.29 is 9.53 Å². The van der Waals surface area contributed by atoms with Crippen LogP contribution in [0.2, 0.25) is 0 Å². The number of nitrogens with zero attached hydrogens (tertiary/aromatic N) is 2. The molecule has 0 bridgehead atoms. The quantitative estimate of drug-likeness (QED) is 0.913. The Morgan fingerprint density at radius 1 is 1.27 bits per heavy atom. The van der Waals surface area contributed by atoms with Crippen LogP contribution < -0.4 is 10.5 Å². The summed E-state index contributed by atoms with van der Waals surface area (Å²) in [5.41, 5.74) is 9.95. The number of aliphatic imine (C=N–C) groups is 1. The number of fused-ring (bicyclic) bond motifs is 1. The minimum absolute atomic E-state index is 0.132. The number of hydrogen-bond acceptors (Lipinski definition) is 5. The molecule has 0 spiro atoms. The van der Waals surface area contributed by atoms with Gasteiger partial charge in [-0.05, 0) is 24.6 Å². The molecule has 1 aliphatic heterocycles. The normalized spacial score (nSPS) is 17.5. The fourth-order valence-corrected chi connectivity index (χ4v) is 2.53. The molecule has 22 heavy (non-hydrogen) atoms. The van der Waals surface area contributed by atoms with Gasteiger partial charge in [0.25, 0.3) is 0 Å². The summed E-state index contributed by atoms with van der Waals surface area (Å²) in [4.78, 5) is 21.0. The molecule has 2 heterocycles. The lowest BCUT2D eigenvalue weighted by Gasteiger charge is -2.12. The van der Waals surface area contributed by atoms with Crippen molar-refractivity contribution in [2.45, 2.75) is 19.5 Å². The Morgan fingerprint density at radius 2 is 2.09 bits per heavy atom. The first-order chi connectivity index (χ1) is 10.6. The molecule has 0 aliphatic carbocycles. The summed E-state index contributed by atoms with van der Waals surface area (Å²) >= 11 is 0. The molecular weight excluding hydrogens is 278 g/mol. The third-order valence-corrected chi connectivity index (χ3v) is 3.71. The van der Waals surface area contributed by atoms with Gasteiger partial charge in [-0.1, -0.05) is 18.2 Å². The van der Waals surface area contributed by atoms with Crippen LogP contribution in [0, 0.1) is 6.92 Å². The van der Waals surface area contributed by atoms with Crippen molar-refractivity contribution in [1.82, 2.24) is 4.98 Å². The van der Waals surface area contributed by atoms with Crippen molar-refractivity contribution in [3.05, 3.63) is 58.9 Å². The smallest absolute Gasteiger partial charge is 0.176 e. The highest BCUT2D eigenvalue weighted by atomic mass is 16.5. The second-order valence-corrected chi connectivity index (χ2v) is 5.27. The van der Waals surface area contributed by atoms with Crippen LogP contribution in [0.4, 0.5) is 0 Å². The molecule has 1 unspecified atom stereocenters. The molecule has 112 valence electrons. The van der Waals surface area contributed by atoms with Gasteiger partial charge in [-0.2, -0.15) is 0 Å². The van der Waals surface area contributed by atoms with Crippen LogP contribution in [0.5, 0.6) is 5.75 Å². The Morgan fingerprint density at radius 3 is 2.77 bits per heavy atom. The van der Waals surface area contributed by atoms with E-state index in [0.29, 0.717) is 17.2 Å². The number of carbonyl (C=O) groups is 1. The predicted molar refractivity (Wildman–Crippen MR) is 84.3 cm³/mol. The molecular formula is C17H17N3O2. The molecule has 0 amide bonds. The lowest BCUT2D eigenvalue weighted by Crippen LogP contribution is -2.29. The fraction of sp³-hybridized carbons (Fsp3) is 0.235. The van der Waals surface area contributed by atoms with E-state index in [0.717, 1.165) is 16.7 Å². The highest BCUT2D eigenvalue weighted by Crippen LogP contribution is 2.27. The Bertz CT molecular complexity index is 751. The van der Waals surface area contributed by atoms with Gasteiger partial charge in [-0.3, -0.25) is 14.8 Å². The summed E-state index contributed by atoms with van der Waals surface area (Å²) in [6.07, 6.45) is 1.10. The van der Waals surface area contributed by atoms with E-state index < -0.39 is 6.17 Å². The first kappa shape index (κ1) is 14.4. The number of rotatable bonds is 2. The van der Waals surface area contributed by atoms with Crippen LogP contribution in [-0.4, -0.2) is 29.8 Å². The number of Topliss-reactive ketones (excluding diaryl/α,β-unsaturated/α-hetero) is 1. The second-order valence-electron chi connectivity index (χ2n) is 5.27. The lowest BCUT2D eigenvalue weighted by molar-refractivity contribution is -0.119. The van der Waals surface area contributed by atoms with Crippen molar-refractivity contribution in [2.75, 3.05) is 7.11 Å². The topological polar surface area (TPSA) is 77.6 Å². The van der Waals surface area contributed by atoms with Gasteiger partial charge in [0.2, 0.25) is 0 Å². The summed E-state index contributed by atoms with van der Waals surface area (Å²) in [5.74, 6) is 0.535. The number of benzene rings is 1. The van der Waals surface area contributed by atoms with Gasteiger partial charge >= 0.3 is 0 Å². The maximum Gasteiger partial charge on any atom is 0.176 e. The molecule has 1 aromatic heterocycles. The van der Waals surface area contributed by atoms with Crippen LogP contribution in [0.3, 0.4) is 0 Å². The van der Waals surface area contributed by atoms with Crippen LogP contribution in [0.25, 0.3) is 0 Å². The number of pyridine rings is 1. The summed E-state index contributed by atoms with van der Waals surface area (Å²) < 4.78 is 5.39. The van der Waals surface area contributed by atoms with Crippen LogP contribution in [0.1, 0.15) is 22.4 Å². The zero-order chi connectivity index (χ0) is 15.7. The molecule has 5 heteroatoms. The van der Waals surface area contributed by atoms with Gasteiger partial charge in [-0.25, -0.2) is 0 Å². The van der Waals surface area contributed by atoms with Gasteiger partial charge in [0.15, 0.2) is 11.9 Å². The first-order valence-electron chi connectivity index (χ1n) is 7.05. The van der Waals surface area contributed by atoms with Gasteiger partial charge in [0.1, 0.15) is 5.75 Å². The molecule has 0 radical (unpaired) electrons. The lowest BCUT2D eigenvalue weighted by atomic mass is 9.97. The Kier molecular flexibility index (Phi) is 3.73. The summed E-state index contributed by atoms with van der Waals surface area (Å²) in [5, 5.41) is 0. The monoisotopic (exact) mass is 295 g/mol. The minimum Gasteiger partial charge on any atom is -0.496 e. The summed E-state index contributed by atoms with van der Waals surface area (Å²) in [6.45, 7) is 1.97. The summed E-state index contributed by atoms with van der Waals surface area (Å²) in [7, 11) is 1.59. The molecule has 0 fully saturated rings. The third-order valence-electron chi connectivity index (χ3n) is 3.71. The molecule has 1 aliphatic rings. The number of carbonyl (C=O) groups excluding carboxylic acids is 1. The Hall–Kier alpha value is -2.53. The van der Waals surface area contributed by atoms with E-state index >= 15 is 0 Å². The van der Waals surface area contributed by atoms with E-state index in [-0.39, 0.29) is 12.2 Å². The number of hydrogen-bond donors (Lipinski definition) is 1. The predicted octanol–water partition coefficient (Wildman–Crippen LogP) is 1.65. The number of aryl methyl sites for hydroxylation is 1. The zero-order valence-corrected chi connectivity index (χ0v) is 12.5. The van der Waals surface area contributed by atoms with Crippen molar-refractivity contribution in [1.29, 1.82) is 0 Å².